The zero-order chi connectivity index (χ0) is 20.9. The Hall–Kier alpha value is -2.11. The number of carbonyl (C=O) groups is 2. The molecular formula is C23H34N2O4. The summed E-state index contributed by atoms with van der Waals surface area (Å²) in [5.74, 6) is 1.61. The molecule has 6 nitrogen and oxygen atoms in total. The summed E-state index contributed by atoms with van der Waals surface area (Å²) < 4.78 is 11.5. The highest BCUT2D eigenvalue weighted by Gasteiger charge is 2.32. The minimum Gasteiger partial charge on any atom is -0.490 e. The number of aldehydes is 1. The van der Waals surface area contributed by atoms with E-state index in [4.69, 9.17) is 9.47 Å². The molecule has 1 unspecified atom stereocenters. The van der Waals surface area contributed by atoms with Crippen molar-refractivity contribution in [1.82, 2.24) is 9.88 Å². The van der Waals surface area contributed by atoms with Gasteiger partial charge in [-0.1, -0.05) is 0 Å². The van der Waals surface area contributed by atoms with Gasteiger partial charge in [-0.2, -0.15) is 0 Å². The maximum absolute atomic E-state index is 12.4. The molecular weight excluding hydrogens is 368 g/mol. The van der Waals surface area contributed by atoms with Gasteiger partial charge < -0.3 is 19.2 Å². The van der Waals surface area contributed by atoms with Crippen molar-refractivity contribution in [3.8, 4) is 5.75 Å². The van der Waals surface area contributed by atoms with Gasteiger partial charge in [-0.05, 0) is 83.3 Å². The van der Waals surface area contributed by atoms with Gasteiger partial charge in [0.05, 0.1) is 12.2 Å². The maximum atomic E-state index is 12.4. The van der Waals surface area contributed by atoms with E-state index in [1.165, 1.54) is 5.56 Å². The van der Waals surface area contributed by atoms with Crippen LogP contribution in [-0.4, -0.2) is 47.1 Å². The number of hydrogen-bond acceptors (Lipinski definition) is 5. The van der Waals surface area contributed by atoms with Gasteiger partial charge in [0.1, 0.15) is 24.2 Å². The van der Waals surface area contributed by atoms with Crippen molar-refractivity contribution in [2.75, 3.05) is 13.2 Å². The lowest BCUT2D eigenvalue weighted by molar-refractivity contribution is -0.112. The quantitative estimate of drug-likeness (QED) is 0.660. The van der Waals surface area contributed by atoms with E-state index in [9.17, 15) is 9.59 Å². The fourth-order valence-electron chi connectivity index (χ4n) is 4.28. The zero-order valence-electron chi connectivity index (χ0n) is 17.9. The summed E-state index contributed by atoms with van der Waals surface area (Å²) in [7, 11) is 0. The molecule has 2 fully saturated rings. The van der Waals surface area contributed by atoms with E-state index in [1.807, 2.05) is 27.0 Å². The molecule has 2 aliphatic rings. The van der Waals surface area contributed by atoms with Gasteiger partial charge in [-0.3, -0.25) is 4.98 Å². The van der Waals surface area contributed by atoms with Crippen LogP contribution in [0.15, 0.2) is 18.5 Å². The first-order chi connectivity index (χ1) is 13.8. The van der Waals surface area contributed by atoms with Crippen LogP contribution in [0, 0.1) is 11.8 Å². The van der Waals surface area contributed by atoms with E-state index in [2.05, 4.69) is 11.1 Å². The Balaban J connectivity index is 1.51. The summed E-state index contributed by atoms with van der Waals surface area (Å²) in [4.78, 5) is 29.5. The summed E-state index contributed by atoms with van der Waals surface area (Å²) in [6.45, 7) is 6.82. The molecule has 1 saturated carbocycles. The second kappa shape index (κ2) is 9.59. The third-order valence-electron chi connectivity index (χ3n) is 5.83. The van der Waals surface area contributed by atoms with Crippen molar-refractivity contribution in [3.05, 3.63) is 24.0 Å². The number of carbonyl (C=O) groups excluding carboxylic acids is 2. The summed E-state index contributed by atoms with van der Waals surface area (Å²) in [6.07, 6.45) is 11.5. The molecule has 1 aromatic rings. The fourth-order valence-corrected chi connectivity index (χ4v) is 4.28. The average molecular weight is 403 g/mol. The lowest BCUT2D eigenvalue weighted by Gasteiger charge is -2.28. The summed E-state index contributed by atoms with van der Waals surface area (Å²) >= 11 is 0. The van der Waals surface area contributed by atoms with Crippen molar-refractivity contribution in [1.29, 1.82) is 0 Å². The molecule has 1 aliphatic heterocycles. The molecule has 160 valence electrons. The van der Waals surface area contributed by atoms with E-state index in [0.717, 1.165) is 57.0 Å². The second-order valence-electron chi connectivity index (χ2n) is 9.43. The van der Waals surface area contributed by atoms with Crippen LogP contribution in [0.3, 0.4) is 0 Å². The molecule has 3 rings (SSSR count). The molecule has 29 heavy (non-hydrogen) atoms. The third-order valence-corrected chi connectivity index (χ3v) is 5.83. The van der Waals surface area contributed by atoms with Crippen LogP contribution < -0.4 is 4.74 Å². The number of ether oxygens (including phenoxy) is 2. The van der Waals surface area contributed by atoms with E-state index in [0.29, 0.717) is 19.1 Å². The first kappa shape index (κ1) is 21.6. The van der Waals surface area contributed by atoms with Crippen molar-refractivity contribution < 1.29 is 19.1 Å². The second-order valence-corrected chi connectivity index (χ2v) is 9.43. The van der Waals surface area contributed by atoms with Crippen molar-refractivity contribution in [2.45, 2.75) is 77.4 Å². The maximum Gasteiger partial charge on any atom is 0.410 e. The molecule has 0 spiro atoms. The van der Waals surface area contributed by atoms with Crippen LogP contribution in [0.2, 0.25) is 0 Å². The Morgan fingerprint density at radius 3 is 2.66 bits per heavy atom. The van der Waals surface area contributed by atoms with Crippen LogP contribution in [0.4, 0.5) is 4.79 Å². The predicted octanol–water partition coefficient (Wildman–Crippen LogP) is 4.41. The first-order valence-electron chi connectivity index (χ1n) is 10.9. The van der Waals surface area contributed by atoms with Gasteiger partial charge in [0.15, 0.2) is 0 Å². The Labute approximate surface area is 174 Å². The van der Waals surface area contributed by atoms with Gasteiger partial charge >= 0.3 is 6.09 Å². The van der Waals surface area contributed by atoms with Crippen molar-refractivity contribution in [3.63, 3.8) is 0 Å². The zero-order valence-corrected chi connectivity index (χ0v) is 17.9. The Bertz CT molecular complexity index is 692. The Morgan fingerprint density at radius 2 is 1.97 bits per heavy atom. The van der Waals surface area contributed by atoms with Gasteiger partial charge in [-0.25, -0.2) is 4.79 Å². The van der Waals surface area contributed by atoms with Crippen LogP contribution in [0.25, 0.3) is 0 Å². The van der Waals surface area contributed by atoms with Crippen molar-refractivity contribution >= 4 is 12.4 Å². The summed E-state index contributed by atoms with van der Waals surface area (Å²) in [5, 5.41) is 0. The Kier molecular flexibility index (Phi) is 7.14. The molecule has 1 atom stereocenters. The summed E-state index contributed by atoms with van der Waals surface area (Å²) in [5.41, 5.74) is 0.682. The molecule has 0 radical (unpaired) electrons. The predicted molar refractivity (Wildman–Crippen MR) is 111 cm³/mol. The molecule has 2 heterocycles. The van der Waals surface area contributed by atoms with Crippen LogP contribution in [0.5, 0.6) is 5.75 Å². The number of likely N-dealkylation sites (tertiary alicyclic amines) is 1. The monoisotopic (exact) mass is 402 g/mol. The number of nitrogens with zero attached hydrogens (tertiary/aromatic N) is 2. The first-order valence-corrected chi connectivity index (χ1v) is 10.9. The normalized spacial score (nSPS) is 24.9. The molecule has 1 aromatic heterocycles. The van der Waals surface area contributed by atoms with E-state index in [1.54, 1.807) is 11.1 Å². The molecule has 0 bridgehead atoms. The largest absolute Gasteiger partial charge is 0.490 e. The van der Waals surface area contributed by atoms with Gasteiger partial charge in [0, 0.05) is 18.7 Å². The van der Waals surface area contributed by atoms with E-state index in [-0.39, 0.29) is 18.1 Å². The lowest BCUT2D eigenvalue weighted by atomic mass is 9.80. The van der Waals surface area contributed by atoms with Gasteiger partial charge in [-0.15, -0.1) is 0 Å². The Morgan fingerprint density at radius 1 is 1.21 bits per heavy atom. The number of amides is 1. The highest BCUT2D eigenvalue weighted by molar-refractivity contribution is 5.69. The number of hydrogen-bond donors (Lipinski definition) is 0. The standard InChI is InChI=1S/C23H34N2O4/c1-23(2,3)29-22(27)25-10-4-5-20(25)16-28-21-12-19(13-24-14-21)11-17-6-8-18(15-26)9-7-17/h12-15,17-18,20H,4-11,16H2,1-3H3. The van der Waals surface area contributed by atoms with E-state index >= 15 is 0 Å². The van der Waals surface area contributed by atoms with Crippen LogP contribution in [-0.2, 0) is 16.0 Å². The number of pyridine rings is 1. The van der Waals surface area contributed by atoms with Crippen LogP contribution in [0.1, 0.15) is 64.9 Å². The van der Waals surface area contributed by atoms with Gasteiger partial charge in [0.25, 0.3) is 0 Å². The molecule has 1 aliphatic carbocycles. The van der Waals surface area contributed by atoms with E-state index < -0.39 is 5.60 Å². The third kappa shape index (κ3) is 6.44. The number of aromatic nitrogens is 1. The molecule has 0 aromatic carbocycles. The smallest absolute Gasteiger partial charge is 0.410 e. The fraction of sp³-hybridized carbons (Fsp3) is 0.696. The lowest BCUT2D eigenvalue weighted by Crippen LogP contribution is -2.42. The van der Waals surface area contributed by atoms with Crippen LogP contribution >= 0.6 is 0 Å². The molecule has 1 amide bonds. The average Bonchev–Trinajstić information content (AvgIpc) is 3.15. The minimum atomic E-state index is -0.492. The number of rotatable bonds is 6. The highest BCUT2D eigenvalue weighted by Crippen LogP contribution is 2.30. The molecule has 1 saturated heterocycles. The molecule has 6 heteroatoms. The summed E-state index contributed by atoms with van der Waals surface area (Å²) in [6, 6.07) is 2.10. The van der Waals surface area contributed by atoms with Gasteiger partial charge in [0.2, 0.25) is 0 Å². The minimum absolute atomic E-state index is 0.0344. The topological polar surface area (TPSA) is 68.7 Å². The highest BCUT2D eigenvalue weighted by atomic mass is 16.6. The van der Waals surface area contributed by atoms with Crippen molar-refractivity contribution in [2.24, 2.45) is 11.8 Å². The molecule has 0 N–H and O–H groups in total. The SMILES string of the molecule is CC(C)(C)OC(=O)N1CCCC1COc1cncc(CC2CCC(C=O)CC2)c1.